The molecule has 1 amide bonds. The molecule has 0 bridgehead atoms. The number of aryl methyl sites for hydroxylation is 1. The molecule has 0 unspecified atom stereocenters. The molecule has 17 heavy (non-hydrogen) atoms. The van der Waals surface area contributed by atoms with Gasteiger partial charge in [0.15, 0.2) is 0 Å². The van der Waals surface area contributed by atoms with Gasteiger partial charge in [0.2, 0.25) is 5.91 Å². The first-order valence-corrected chi connectivity index (χ1v) is 6.28. The number of amides is 1. The molecule has 0 atom stereocenters. The highest BCUT2D eigenvalue weighted by Gasteiger charge is 2.13. The topological polar surface area (TPSA) is 79.3 Å². The van der Waals surface area contributed by atoms with Gasteiger partial charge in [-0.25, -0.2) is 4.98 Å². The first-order chi connectivity index (χ1) is 8.02. The van der Waals surface area contributed by atoms with E-state index in [1.165, 1.54) is 11.3 Å². The molecule has 0 aliphatic rings. The van der Waals surface area contributed by atoms with Crippen molar-refractivity contribution in [1.29, 1.82) is 0 Å². The van der Waals surface area contributed by atoms with Gasteiger partial charge in [0.25, 0.3) is 0 Å². The minimum Gasteiger partial charge on any atom is -0.481 e. The second-order valence-electron chi connectivity index (χ2n) is 3.71. The normalized spacial score (nSPS) is 10.2. The van der Waals surface area contributed by atoms with Crippen LogP contribution in [0.3, 0.4) is 0 Å². The maximum atomic E-state index is 11.5. The van der Waals surface area contributed by atoms with Crippen molar-refractivity contribution in [2.75, 3.05) is 6.54 Å². The Morgan fingerprint density at radius 1 is 1.41 bits per heavy atom. The maximum absolute atomic E-state index is 11.5. The van der Waals surface area contributed by atoms with Crippen LogP contribution in [-0.2, 0) is 22.4 Å². The Kier molecular flexibility index (Phi) is 5.09. The van der Waals surface area contributed by atoms with Crippen molar-refractivity contribution in [3.05, 3.63) is 15.6 Å². The fourth-order valence-electron chi connectivity index (χ4n) is 1.33. The number of aromatic nitrogens is 1. The van der Waals surface area contributed by atoms with E-state index in [1.54, 1.807) is 6.92 Å². The minimum atomic E-state index is -0.876. The van der Waals surface area contributed by atoms with Gasteiger partial charge in [-0.05, 0) is 13.3 Å². The Bertz CT molecular complexity index is 415. The fourth-order valence-corrected chi connectivity index (χ4v) is 2.39. The summed E-state index contributed by atoms with van der Waals surface area (Å²) in [6.07, 6.45) is 1.10. The number of hydrogen-bond donors (Lipinski definition) is 2. The molecule has 1 heterocycles. The van der Waals surface area contributed by atoms with Crippen LogP contribution in [0.15, 0.2) is 0 Å². The van der Waals surface area contributed by atoms with Crippen LogP contribution in [0.25, 0.3) is 0 Å². The minimum absolute atomic E-state index is 0.0277. The summed E-state index contributed by atoms with van der Waals surface area (Å²) in [5, 5.41) is 12.1. The lowest BCUT2D eigenvalue weighted by atomic mass is 10.3. The van der Waals surface area contributed by atoms with Crippen molar-refractivity contribution in [1.82, 2.24) is 10.3 Å². The Balaban J connectivity index is 2.60. The Morgan fingerprint density at radius 3 is 2.71 bits per heavy atom. The zero-order valence-electron chi connectivity index (χ0n) is 9.95. The monoisotopic (exact) mass is 256 g/mol. The zero-order chi connectivity index (χ0) is 12.8. The third kappa shape index (κ3) is 4.52. The van der Waals surface area contributed by atoms with Crippen LogP contribution in [-0.4, -0.2) is 28.5 Å². The van der Waals surface area contributed by atoms with Crippen LogP contribution in [0.2, 0.25) is 0 Å². The second kappa shape index (κ2) is 6.34. The number of nitrogens with one attached hydrogen (secondary N) is 1. The maximum Gasteiger partial charge on any atom is 0.308 e. The number of carboxylic acids is 1. The molecule has 0 saturated heterocycles. The van der Waals surface area contributed by atoms with Crippen molar-refractivity contribution in [3.8, 4) is 0 Å². The summed E-state index contributed by atoms with van der Waals surface area (Å²) in [5.74, 6) is -0.943. The van der Waals surface area contributed by atoms with Gasteiger partial charge in [-0.2, -0.15) is 0 Å². The average Bonchev–Trinajstić information content (AvgIpc) is 2.55. The molecular formula is C11H16N2O3S. The summed E-state index contributed by atoms with van der Waals surface area (Å²) in [6.45, 7) is 4.41. The van der Waals surface area contributed by atoms with E-state index in [0.717, 1.165) is 11.3 Å². The predicted molar refractivity (Wildman–Crippen MR) is 65.2 cm³/mol. The third-order valence-electron chi connectivity index (χ3n) is 2.13. The Morgan fingerprint density at radius 2 is 2.12 bits per heavy atom. The zero-order valence-corrected chi connectivity index (χ0v) is 10.8. The van der Waals surface area contributed by atoms with E-state index in [0.29, 0.717) is 17.2 Å². The Labute approximate surface area is 104 Å². The molecule has 0 aliphatic carbocycles. The second-order valence-corrected chi connectivity index (χ2v) is 4.88. The lowest BCUT2D eigenvalue weighted by Gasteiger charge is -2.00. The third-order valence-corrected chi connectivity index (χ3v) is 3.29. The van der Waals surface area contributed by atoms with Crippen molar-refractivity contribution >= 4 is 23.2 Å². The molecular weight excluding hydrogens is 240 g/mol. The van der Waals surface area contributed by atoms with Gasteiger partial charge in [0, 0.05) is 11.4 Å². The highest BCUT2D eigenvalue weighted by molar-refractivity contribution is 7.11. The summed E-state index contributed by atoms with van der Waals surface area (Å²) >= 11 is 1.30. The van der Waals surface area contributed by atoms with Crippen molar-refractivity contribution in [3.63, 3.8) is 0 Å². The van der Waals surface area contributed by atoms with E-state index in [1.807, 2.05) is 6.92 Å². The molecule has 1 rings (SSSR count). The molecule has 0 aliphatic heterocycles. The number of thiazole rings is 1. The molecule has 0 saturated carbocycles. The molecule has 94 valence electrons. The molecule has 1 aromatic heterocycles. The lowest BCUT2D eigenvalue weighted by molar-refractivity contribution is -0.136. The van der Waals surface area contributed by atoms with Crippen molar-refractivity contribution in [2.24, 2.45) is 0 Å². The Hall–Kier alpha value is -1.43. The largest absolute Gasteiger partial charge is 0.481 e. The number of carbonyl (C=O) groups excluding carboxylic acids is 1. The van der Waals surface area contributed by atoms with Gasteiger partial charge in [-0.1, -0.05) is 6.92 Å². The first-order valence-electron chi connectivity index (χ1n) is 5.46. The van der Waals surface area contributed by atoms with E-state index in [9.17, 15) is 9.59 Å². The molecule has 0 radical (unpaired) electrons. The fraction of sp³-hybridized carbons (Fsp3) is 0.545. The molecule has 0 fully saturated rings. The predicted octanol–water partition coefficient (Wildman–Crippen LogP) is 1.15. The van der Waals surface area contributed by atoms with Gasteiger partial charge in [-0.3, -0.25) is 9.59 Å². The van der Waals surface area contributed by atoms with E-state index in [4.69, 9.17) is 5.11 Å². The molecule has 0 spiro atoms. The first kappa shape index (κ1) is 13.6. The standard InChI is InChI=1S/C11H16N2O3S/c1-3-4-12-9(14)6-10-13-7(2)8(17-10)5-11(15)16/h3-6H2,1-2H3,(H,12,14)(H,15,16). The van der Waals surface area contributed by atoms with Crippen LogP contribution in [0, 0.1) is 6.92 Å². The van der Waals surface area contributed by atoms with Gasteiger partial charge in [-0.15, -0.1) is 11.3 Å². The molecule has 2 N–H and O–H groups in total. The van der Waals surface area contributed by atoms with E-state index < -0.39 is 5.97 Å². The van der Waals surface area contributed by atoms with Crippen LogP contribution in [0.4, 0.5) is 0 Å². The number of carbonyl (C=O) groups is 2. The smallest absolute Gasteiger partial charge is 0.308 e. The molecule has 0 aromatic carbocycles. The van der Waals surface area contributed by atoms with Gasteiger partial charge in [0.05, 0.1) is 18.5 Å². The number of carboxylic acid groups (broad SMARTS) is 1. The van der Waals surface area contributed by atoms with Crippen LogP contribution in [0.1, 0.15) is 28.9 Å². The van der Waals surface area contributed by atoms with Crippen LogP contribution >= 0.6 is 11.3 Å². The lowest BCUT2D eigenvalue weighted by Crippen LogP contribution is -2.25. The summed E-state index contributed by atoms with van der Waals surface area (Å²) in [7, 11) is 0. The van der Waals surface area contributed by atoms with Gasteiger partial charge >= 0.3 is 5.97 Å². The van der Waals surface area contributed by atoms with E-state index in [2.05, 4.69) is 10.3 Å². The van der Waals surface area contributed by atoms with E-state index in [-0.39, 0.29) is 18.7 Å². The molecule has 5 nitrogen and oxygen atoms in total. The number of rotatable bonds is 6. The number of nitrogens with zero attached hydrogens (tertiary/aromatic N) is 1. The van der Waals surface area contributed by atoms with Crippen LogP contribution < -0.4 is 5.32 Å². The highest BCUT2D eigenvalue weighted by atomic mass is 32.1. The quantitative estimate of drug-likeness (QED) is 0.800. The summed E-state index contributed by atoms with van der Waals surface area (Å²) in [4.78, 5) is 27.0. The SMILES string of the molecule is CCCNC(=O)Cc1nc(C)c(CC(=O)O)s1. The summed E-state index contributed by atoms with van der Waals surface area (Å²) in [5.41, 5.74) is 0.704. The van der Waals surface area contributed by atoms with Crippen molar-refractivity contribution in [2.45, 2.75) is 33.1 Å². The van der Waals surface area contributed by atoms with Crippen LogP contribution in [0.5, 0.6) is 0 Å². The highest BCUT2D eigenvalue weighted by Crippen LogP contribution is 2.19. The molecule has 1 aromatic rings. The summed E-state index contributed by atoms with van der Waals surface area (Å²) in [6, 6.07) is 0. The van der Waals surface area contributed by atoms with Gasteiger partial charge in [0.1, 0.15) is 5.01 Å². The number of aliphatic carboxylic acids is 1. The molecule has 6 heteroatoms. The van der Waals surface area contributed by atoms with Gasteiger partial charge < -0.3 is 10.4 Å². The summed E-state index contributed by atoms with van der Waals surface area (Å²) < 4.78 is 0. The van der Waals surface area contributed by atoms with Crippen molar-refractivity contribution < 1.29 is 14.7 Å². The van der Waals surface area contributed by atoms with E-state index >= 15 is 0 Å². The average molecular weight is 256 g/mol. The number of hydrogen-bond acceptors (Lipinski definition) is 4.